The van der Waals surface area contributed by atoms with E-state index in [9.17, 15) is 0 Å². The van der Waals surface area contributed by atoms with Crippen molar-refractivity contribution >= 4 is 18.7 Å². The lowest BCUT2D eigenvalue weighted by Crippen LogP contribution is -2.66. The molecule has 2 aromatic rings. The third-order valence-corrected chi connectivity index (χ3v) is 9.88. The lowest BCUT2D eigenvalue weighted by Gasteiger charge is -2.43. The van der Waals surface area contributed by atoms with Crippen molar-refractivity contribution in [2.75, 3.05) is 13.2 Å². The quantitative estimate of drug-likeness (QED) is 0.330. The van der Waals surface area contributed by atoms with E-state index in [0.717, 1.165) is 12.8 Å². The molecule has 0 saturated carbocycles. The molecule has 2 nitrogen and oxygen atoms in total. The first-order chi connectivity index (χ1) is 13.4. The maximum Gasteiger partial charge on any atom is 0.261 e. The molecule has 0 unspecified atom stereocenters. The van der Waals surface area contributed by atoms with Crippen molar-refractivity contribution in [1.82, 2.24) is 0 Å². The standard InChI is InChI=1S/C25H32O2Si/c1-22(15-9-5-6-14-20-26)21-27-28(25(2,3)4,23-16-10-7-11-17-23)24-18-12-8-13-19-24/h7-8,10-13,15-19,26H,5,9,20-21H2,1-4H3/b22-15+. The van der Waals surface area contributed by atoms with Crippen molar-refractivity contribution in [1.29, 1.82) is 0 Å². The normalized spacial score (nSPS) is 12.4. The van der Waals surface area contributed by atoms with E-state index in [1.807, 2.05) is 0 Å². The number of hydrogen-bond donors (Lipinski definition) is 1. The van der Waals surface area contributed by atoms with Crippen molar-refractivity contribution in [2.24, 2.45) is 0 Å². The van der Waals surface area contributed by atoms with Crippen molar-refractivity contribution in [3.63, 3.8) is 0 Å². The summed E-state index contributed by atoms with van der Waals surface area (Å²) in [5.74, 6) is 5.66. The lowest BCUT2D eigenvalue weighted by atomic mass is 10.2. The second kappa shape index (κ2) is 10.4. The van der Waals surface area contributed by atoms with Crippen LogP contribution in [0.1, 0.15) is 40.5 Å². The smallest absolute Gasteiger partial charge is 0.261 e. The molecule has 2 rings (SSSR count). The van der Waals surface area contributed by atoms with E-state index in [4.69, 9.17) is 9.53 Å². The first kappa shape index (κ1) is 22.2. The molecule has 0 atom stereocenters. The Morgan fingerprint density at radius 1 is 0.964 bits per heavy atom. The number of rotatable bonds is 7. The summed E-state index contributed by atoms with van der Waals surface area (Å²) in [7, 11) is -2.47. The number of unbranched alkanes of at least 4 members (excludes halogenated alkanes) is 1. The van der Waals surface area contributed by atoms with Crippen molar-refractivity contribution in [3.05, 3.63) is 72.3 Å². The minimum absolute atomic E-state index is 0.0113. The second-order valence-corrected chi connectivity index (χ2v) is 12.4. The molecule has 2 aromatic carbocycles. The Kier molecular flexibility index (Phi) is 8.26. The Morgan fingerprint density at radius 2 is 1.50 bits per heavy atom. The van der Waals surface area contributed by atoms with Crippen LogP contribution in [0, 0.1) is 11.8 Å². The van der Waals surface area contributed by atoms with E-state index >= 15 is 0 Å². The highest BCUT2D eigenvalue weighted by atomic mass is 28.4. The van der Waals surface area contributed by atoms with Gasteiger partial charge >= 0.3 is 0 Å². The molecule has 28 heavy (non-hydrogen) atoms. The molecule has 0 aliphatic rings. The summed E-state index contributed by atoms with van der Waals surface area (Å²) in [5.41, 5.74) is 1.22. The number of benzene rings is 2. The Labute approximate surface area is 171 Å². The molecule has 0 bridgehead atoms. The Bertz CT molecular complexity index is 769. The van der Waals surface area contributed by atoms with Crippen LogP contribution in [-0.4, -0.2) is 26.6 Å². The summed E-state index contributed by atoms with van der Waals surface area (Å²) in [6.45, 7) is 9.55. The number of allylic oxidation sites excluding steroid dienone is 1. The largest absolute Gasteiger partial charge is 0.403 e. The lowest BCUT2D eigenvalue weighted by molar-refractivity contribution is 0.329. The third kappa shape index (κ3) is 5.45. The maximum atomic E-state index is 8.74. The molecule has 0 aliphatic carbocycles. The van der Waals surface area contributed by atoms with Gasteiger partial charge in [-0.15, -0.1) is 5.92 Å². The van der Waals surface area contributed by atoms with Gasteiger partial charge in [-0.3, -0.25) is 0 Å². The molecule has 3 heteroatoms. The Balaban J connectivity index is 2.35. The highest BCUT2D eigenvalue weighted by Crippen LogP contribution is 2.36. The molecular weight excluding hydrogens is 360 g/mol. The van der Waals surface area contributed by atoms with Crippen LogP contribution >= 0.6 is 0 Å². The molecule has 0 spiro atoms. The van der Waals surface area contributed by atoms with Gasteiger partial charge < -0.3 is 9.53 Å². The van der Waals surface area contributed by atoms with Gasteiger partial charge in [0, 0.05) is 6.42 Å². The zero-order valence-corrected chi connectivity index (χ0v) is 18.5. The van der Waals surface area contributed by atoms with E-state index in [1.54, 1.807) is 0 Å². The zero-order chi connectivity index (χ0) is 20.5. The van der Waals surface area contributed by atoms with Crippen LogP contribution in [0.3, 0.4) is 0 Å². The third-order valence-electron chi connectivity index (χ3n) is 4.90. The molecule has 0 radical (unpaired) electrons. The SMILES string of the molecule is C/C(=C\CCC#CCO)CO[Si](c1ccccc1)(c1ccccc1)C(C)(C)C. The average molecular weight is 393 g/mol. The summed E-state index contributed by atoms with van der Waals surface area (Å²) < 4.78 is 6.90. The molecule has 0 heterocycles. The van der Waals surface area contributed by atoms with Gasteiger partial charge in [-0.05, 0) is 28.8 Å². The Hall–Kier alpha value is -2.12. The van der Waals surface area contributed by atoms with Crippen molar-refractivity contribution < 1.29 is 9.53 Å². The van der Waals surface area contributed by atoms with Crippen LogP contribution in [0.4, 0.5) is 0 Å². The number of aliphatic hydroxyl groups is 1. The average Bonchev–Trinajstić information content (AvgIpc) is 2.69. The topological polar surface area (TPSA) is 29.5 Å². The minimum Gasteiger partial charge on any atom is -0.403 e. The fraction of sp³-hybridized carbons (Fsp3) is 0.360. The van der Waals surface area contributed by atoms with Crippen LogP contribution in [0.2, 0.25) is 5.04 Å². The van der Waals surface area contributed by atoms with Crippen LogP contribution in [0.15, 0.2) is 72.3 Å². The predicted molar refractivity (Wildman–Crippen MR) is 121 cm³/mol. The summed E-state index contributed by atoms with van der Waals surface area (Å²) in [4.78, 5) is 0. The molecule has 148 valence electrons. The number of hydrogen-bond acceptors (Lipinski definition) is 2. The van der Waals surface area contributed by atoms with Gasteiger partial charge in [0.05, 0.1) is 6.61 Å². The fourth-order valence-corrected chi connectivity index (χ4v) is 8.18. The van der Waals surface area contributed by atoms with Gasteiger partial charge in [-0.25, -0.2) is 0 Å². The van der Waals surface area contributed by atoms with E-state index in [-0.39, 0.29) is 11.6 Å². The van der Waals surface area contributed by atoms with Gasteiger partial charge in [-0.1, -0.05) is 99.0 Å². The van der Waals surface area contributed by atoms with Gasteiger partial charge in [0.1, 0.15) is 6.61 Å². The molecule has 0 saturated heterocycles. The van der Waals surface area contributed by atoms with Crippen LogP contribution in [0.5, 0.6) is 0 Å². The minimum atomic E-state index is -2.47. The van der Waals surface area contributed by atoms with Crippen LogP contribution in [0.25, 0.3) is 0 Å². The van der Waals surface area contributed by atoms with E-state index in [1.165, 1.54) is 15.9 Å². The first-order valence-corrected chi connectivity index (χ1v) is 11.8. The summed E-state index contributed by atoms with van der Waals surface area (Å²) in [6.07, 6.45) is 3.84. The van der Waals surface area contributed by atoms with Gasteiger partial charge in [-0.2, -0.15) is 0 Å². The molecule has 1 N–H and O–H groups in total. The van der Waals surface area contributed by atoms with Crippen LogP contribution < -0.4 is 10.4 Å². The highest BCUT2D eigenvalue weighted by Gasteiger charge is 2.50. The molecular formula is C25H32O2Si. The zero-order valence-electron chi connectivity index (χ0n) is 17.5. The molecule has 0 aromatic heterocycles. The fourth-order valence-electron chi connectivity index (χ4n) is 3.58. The van der Waals surface area contributed by atoms with E-state index < -0.39 is 8.32 Å². The maximum absolute atomic E-state index is 8.74. The molecule has 0 fully saturated rings. The van der Waals surface area contributed by atoms with E-state index in [2.05, 4.69) is 106 Å². The second-order valence-electron chi connectivity index (χ2n) is 8.05. The molecule has 0 amide bonds. The predicted octanol–water partition coefficient (Wildman–Crippen LogP) is 4.29. The van der Waals surface area contributed by atoms with Crippen molar-refractivity contribution in [2.45, 2.75) is 45.6 Å². The first-order valence-electron chi connectivity index (χ1n) is 9.89. The summed E-state index contributed by atoms with van der Waals surface area (Å²) in [5, 5.41) is 11.3. The van der Waals surface area contributed by atoms with Gasteiger partial charge in [0.25, 0.3) is 8.32 Å². The Morgan fingerprint density at radius 3 is 1.96 bits per heavy atom. The summed E-state index contributed by atoms with van der Waals surface area (Å²) >= 11 is 0. The number of aliphatic hydroxyl groups excluding tert-OH is 1. The van der Waals surface area contributed by atoms with Crippen LogP contribution in [-0.2, 0) is 4.43 Å². The summed E-state index contributed by atoms with van der Waals surface area (Å²) in [6, 6.07) is 21.4. The van der Waals surface area contributed by atoms with Gasteiger partial charge in [0.2, 0.25) is 0 Å². The van der Waals surface area contributed by atoms with Crippen molar-refractivity contribution in [3.8, 4) is 11.8 Å². The highest BCUT2D eigenvalue weighted by molar-refractivity contribution is 6.99. The van der Waals surface area contributed by atoms with Gasteiger partial charge in [0.15, 0.2) is 0 Å². The molecule has 0 aliphatic heterocycles. The van der Waals surface area contributed by atoms with E-state index in [0.29, 0.717) is 6.61 Å². The monoisotopic (exact) mass is 392 g/mol.